The number of benzene rings is 1. The Kier molecular flexibility index (Phi) is 4.66. The largest absolute Gasteiger partial charge is 0.307 e. The normalized spacial score (nSPS) is 27.0. The van der Waals surface area contributed by atoms with E-state index in [0.29, 0.717) is 17.6 Å². The van der Waals surface area contributed by atoms with Crippen molar-refractivity contribution in [1.29, 1.82) is 0 Å². The Morgan fingerprint density at radius 2 is 1.95 bits per heavy atom. The minimum absolute atomic E-state index is 0.444. The Hall–Kier alpha value is -0.860. The third-order valence-electron chi connectivity index (χ3n) is 5.64. The molecule has 116 valence electrons. The van der Waals surface area contributed by atoms with E-state index in [4.69, 9.17) is 0 Å². The average molecular weight is 286 g/mol. The molecule has 1 aromatic rings. The Labute approximate surface area is 129 Å². The van der Waals surface area contributed by atoms with Gasteiger partial charge in [-0.3, -0.25) is 4.90 Å². The van der Waals surface area contributed by atoms with E-state index in [9.17, 15) is 0 Å². The van der Waals surface area contributed by atoms with E-state index in [1.165, 1.54) is 57.2 Å². The highest BCUT2D eigenvalue weighted by Crippen LogP contribution is 2.40. The highest BCUT2D eigenvalue weighted by molar-refractivity contribution is 5.21. The van der Waals surface area contributed by atoms with Gasteiger partial charge in [-0.25, -0.2) is 0 Å². The minimum Gasteiger partial charge on any atom is -0.307 e. The summed E-state index contributed by atoms with van der Waals surface area (Å²) in [5.41, 5.74) is 1.89. The second-order valence-corrected chi connectivity index (χ2v) is 7.07. The van der Waals surface area contributed by atoms with Crippen molar-refractivity contribution in [3.8, 4) is 0 Å². The van der Waals surface area contributed by atoms with Crippen molar-refractivity contribution in [2.75, 3.05) is 13.1 Å². The van der Waals surface area contributed by atoms with Crippen LogP contribution in [0, 0.1) is 0 Å². The first kappa shape index (κ1) is 15.1. The molecule has 2 heteroatoms. The van der Waals surface area contributed by atoms with E-state index >= 15 is 0 Å². The number of rotatable bonds is 4. The monoisotopic (exact) mass is 286 g/mol. The topological polar surface area (TPSA) is 15.3 Å². The Balaban J connectivity index is 1.79. The van der Waals surface area contributed by atoms with Crippen molar-refractivity contribution in [2.45, 2.75) is 70.0 Å². The Morgan fingerprint density at radius 3 is 2.62 bits per heavy atom. The Bertz CT molecular complexity index is 436. The van der Waals surface area contributed by atoms with Crippen LogP contribution in [-0.2, 0) is 0 Å². The van der Waals surface area contributed by atoms with Crippen LogP contribution < -0.4 is 5.32 Å². The smallest absolute Gasteiger partial charge is 0.0450 e. The van der Waals surface area contributed by atoms with Gasteiger partial charge in [-0.2, -0.15) is 0 Å². The predicted octanol–water partition coefficient (Wildman–Crippen LogP) is 4.13. The van der Waals surface area contributed by atoms with E-state index in [2.05, 4.69) is 54.4 Å². The van der Waals surface area contributed by atoms with Gasteiger partial charge in [0.15, 0.2) is 0 Å². The highest BCUT2D eigenvalue weighted by atomic mass is 15.3. The van der Waals surface area contributed by atoms with Crippen LogP contribution in [0.1, 0.15) is 64.0 Å². The third kappa shape index (κ3) is 3.02. The van der Waals surface area contributed by atoms with Crippen LogP contribution in [0.5, 0.6) is 0 Å². The number of hydrogen-bond donors (Lipinski definition) is 1. The molecule has 0 aromatic heterocycles. The molecule has 1 saturated carbocycles. The molecule has 1 aromatic carbocycles. The molecule has 2 aliphatic rings. The lowest BCUT2D eigenvalue weighted by Crippen LogP contribution is -2.63. The maximum atomic E-state index is 3.85. The predicted molar refractivity (Wildman–Crippen MR) is 89.5 cm³/mol. The van der Waals surface area contributed by atoms with Gasteiger partial charge >= 0.3 is 0 Å². The van der Waals surface area contributed by atoms with Crippen molar-refractivity contribution >= 4 is 0 Å². The fraction of sp³-hybridized carbons (Fsp3) is 0.684. The molecule has 2 fully saturated rings. The van der Waals surface area contributed by atoms with Crippen molar-refractivity contribution in [3.05, 3.63) is 35.9 Å². The molecular weight excluding hydrogens is 256 g/mol. The van der Waals surface area contributed by atoms with E-state index in [-0.39, 0.29) is 0 Å². The SMILES string of the molecule is CCCC(C)N1CC(c2ccccc2)NCC12CCCC2. The first-order chi connectivity index (χ1) is 10.2. The number of nitrogens with zero attached hydrogens (tertiary/aromatic N) is 1. The number of nitrogens with one attached hydrogen (secondary N) is 1. The van der Waals surface area contributed by atoms with Crippen molar-refractivity contribution < 1.29 is 0 Å². The van der Waals surface area contributed by atoms with Crippen molar-refractivity contribution in [3.63, 3.8) is 0 Å². The molecule has 1 N–H and O–H groups in total. The minimum atomic E-state index is 0.444. The summed E-state index contributed by atoms with van der Waals surface area (Å²) in [6.45, 7) is 7.09. The molecule has 2 atom stereocenters. The third-order valence-corrected chi connectivity index (χ3v) is 5.64. The number of hydrogen-bond acceptors (Lipinski definition) is 2. The summed E-state index contributed by atoms with van der Waals surface area (Å²) < 4.78 is 0. The first-order valence-electron chi connectivity index (χ1n) is 8.80. The molecule has 0 amide bonds. The summed E-state index contributed by atoms with van der Waals surface area (Å²) in [7, 11) is 0. The second kappa shape index (κ2) is 6.50. The van der Waals surface area contributed by atoms with Gasteiger partial charge in [0.2, 0.25) is 0 Å². The van der Waals surface area contributed by atoms with Gasteiger partial charge in [-0.05, 0) is 31.7 Å². The van der Waals surface area contributed by atoms with Crippen LogP contribution in [-0.4, -0.2) is 29.6 Å². The van der Waals surface area contributed by atoms with Gasteiger partial charge in [0, 0.05) is 30.7 Å². The average Bonchev–Trinajstić information content (AvgIpc) is 2.98. The lowest BCUT2D eigenvalue weighted by Gasteiger charge is -2.51. The van der Waals surface area contributed by atoms with Crippen molar-refractivity contribution in [2.24, 2.45) is 0 Å². The molecule has 21 heavy (non-hydrogen) atoms. The summed E-state index contributed by atoms with van der Waals surface area (Å²) >= 11 is 0. The summed E-state index contributed by atoms with van der Waals surface area (Å²) in [6, 6.07) is 12.2. The van der Waals surface area contributed by atoms with Crippen LogP contribution in [0.2, 0.25) is 0 Å². The lowest BCUT2D eigenvalue weighted by molar-refractivity contribution is 0.00730. The van der Waals surface area contributed by atoms with E-state index in [1.54, 1.807) is 0 Å². The van der Waals surface area contributed by atoms with Crippen molar-refractivity contribution in [1.82, 2.24) is 10.2 Å². The van der Waals surface area contributed by atoms with Gasteiger partial charge in [0.05, 0.1) is 0 Å². The molecule has 3 rings (SSSR count). The fourth-order valence-corrected chi connectivity index (χ4v) is 4.50. The van der Waals surface area contributed by atoms with Gasteiger partial charge in [-0.1, -0.05) is 56.5 Å². The molecule has 1 spiro atoms. The molecule has 2 unspecified atom stereocenters. The zero-order valence-corrected chi connectivity index (χ0v) is 13.6. The Morgan fingerprint density at radius 1 is 1.24 bits per heavy atom. The van der Waals surface area contributed by atoms with Crippen LogP contribution in [0.4, 0.5) is 0 Å². The molecule has 1 aliphatic carbocycles. The molecule has 2 nitrogen and oxygen atoms in total. The maximum absolute atomic E-state index is 3.85. The number of piperazine rings is 1. The van der Waals surface area contributed by atoms with Gasteiger partial charge in [0.1, 0.15) is 0 Å². The van der Waals surface area contributed by atoms with E-state index < -0.39 is 0 Å². The molecule has 0 radical (unpaired) electrons. The standard InChI is InChI=1S/C19H30N2/c1-3-9-16(2)21-14-18(17-10-5-4-6-11-17)20-15-19(21)12-7-8-13-19/h4-6,10-11,16,18,20H,3,7-9,12-15H2,1-2H3. The van der Waals surface area contributed by atoms with Crippen LogP contribution in [0.15, 0.2) is 30.3 Å². The highest BCUT2D eigenvalue weighted by Gasteiger charge is 2.45. The van der Waals surface area contributed by atoms with Crippen LogP contribution >= 0.6 is 0 Å². The molecule has 1 aliphatic heterocycles. The van der Waals surface area contributed by atoms with Gasteiger partial charge in [0.25, 0.3) is 0 Å². The second-order valence-electron chi connectivity index (χ2n) is 7.07. The maximum Gasteiger partial charge on any atom is 0.0450 e. The molecule has 1 heterocycles. The van der Waals surface area contributed by atoms with E-state index in [0.717, 1.165) is 0 Å². The molecule has 1 saturated heterocycles. The lowest BCUT2D eigenvalue weighted by atomic mass is 9.87. The summed E-state index contributed by atoms with van der Waals surface area (Å²) in [6.07, 6.45) is 8.20. The fourth-order valence-electron chi connectivity index (χ4n) is 4.50. The summed E-state index contributed by atoms with van der Waals surface area (Å²) in [5, 5.41) is 3.85. The van der Waals surface area contributed by atoms with Crippen LogP contribution in [0.25, 0.3) is 0 Å². The molecular formula is C19H30N2. The van der Waals surface area contributed by atoms with E-state index in [1.807, 2.05) is 0 Å². The first-order valence-corrected chi connectivity index (χ1v) is 8.80. The summed E-state index contributed by atoms with van der Waals surface area (Å²) in [5.74, 6) is 0. The quantitative estimate of drug-likeness (QED) is 0.895. The molecule has 0 bridgehead atoms. The van der Waals surface area contributed by atoms with Gasteiger partial charge < -0.3 is 5.32 Å². The zero-order chi connectivity index (χ0) is 14.7. The summed E-state index contributed by atoms with van der Waals surface area (Å²) in [4.78, 5) is 2.86. The van der Waals surface area contributed by atoms with Crippen LogP contribution in [0.3, 0.4) is 0 Å². The van der Waals surface area contributed by atoms with Gasteiger partial charge in [-0.15, -0.1) is 0 Å². The zero-order valence-electron chi connectivity index (χ0n) is 13.6.